The molecule has 1 unspecified atom stereocenters. The van der Waals surface area contributed by atoms with Crippen molar-refractivity contribution >= 4 is 11.6 Å². The summed E-state index contributed by atoms with van der Waals surface area (Å²) in [5.41, 5.74) is 9.19. The summed E-state index contributed by atoms with van der Waals surface area (Å²) >= 11 is 0. The van der Waals surface area contributed by atoms with Crippen molar-refractivity contribution in [2.24, 2.45) is 5.73 Å². The fourth-order valence-corrected chi connectivity index (χ4v) is 3.13. The molecule has 30 heavy (non-hydrogen) atoms. The van der Waals surface area contributed by atoms with Crippen LogP contribution in [0.25, 0.3) is 11.1 Å². The fraction of sp³-hybridized carbons (Fsp3) is 0.292. The Balaban J connectivity index is 1.56. The molecule has 0 radical (unpaired) electrons. The highest BCUT2D eigenvalue weighted by Crippen LogP contribution is 2.33. The zero-order chi connectivity index (χ0) is 21.2. The number of aliphatic hydroxyl groups is 1. The summed E-state index contributed by atoms with van der Waals surface area (Å²) in [6.07, 6.45) is 7.47. The molecule has 0 aliphatic heterocycles. The maximum Gasteiger partial charge on any atom is 0.243 e. The minimum absolute atomic E-state index is 0.411. The lowest BCUT2D eigenvalue weighted by Gasteiger charge is -2.14. The van der Waals surface area contributed by atoms with Crippen molar-refractivity contribution < 1.29 is 19.1 Å². The lowest BCUT2D eigenvalue weighted by molar-refractivity contribution is -0.118. The van der Waals surface area contributed by atoms with E-state index in [1.54, 1.807) is 18.6 Å². The van der Waals surface area contributed by atoms with Crippen LogP contribution in [0.2, 0.25) is 0 Å². The summed E-state index contributed by atoms with van der Waals surface area (Å²) in [5, 5.41) is 11.7. The maximum atomic E-state index is 12.0. The summed E-state index contributed by atoms with van der Waals surface area (Å²) in [7, 11) is 0. The minimum Gasteiger partial charge on any atom is -0.493 e. The smallest absolute Gasteiger partial charge is 0.243 e. The molecule has 0 bridgehead atoms. The van der Waals surface area contributed by atoms with Crippen LogP contribution in [0.1, 0.15) is 24.8 Å². The Morgan fingerprint density at radius 1 is 1.10 bits per heavy atom. The Morgan fingerprint density at radius 2 is 1.93 bits per heavy atom. The van der Waals surface area contributed by atoms with Crippen LogP contribution < -0.4 is 15.8 Å². The number of carbonyl (C=O) groups excluding carboxylic acids is 1. The number of nitrogens with two attached hydrogens (primary N) is 1. The van der Waals surface area contributed by atoms with Gasteiger partial charge < -0.3 is 25.3 Å². The molecule has 0 aliphatic rings. The third kappa shape index (κ3) is 6.20. The van der Waals surface area contributed by atoms with Gasteiger partial charge in [0.15, 0.2) is 0 Å². The molecule has 1 atom stereocenters. The summed E-state index contributed by atoms with van der Waals surface area (Å²) in [6.45, 7) is 0.201. The SMILES string of the molecule is NC(CO)C(=O)Nc1ccc(OCCCCCc2ccccc2)c(-c2ccoc2)c1. The first kappa shape index (κ1) is 21.6. The zero-order valence-corrected chi connectivity index (χ0v) is 16.9. The number of aryl methyl sites for hydroxylation is 1. The van der Waals surface area contributed by atoms with E-state index in [0.29, 0.717) is 12.3 Å². The van der Waals surface area contributed by atoms with E-state index < -0.39 is 18.6 Å². The second-order valence-corrected chi connectivity index (χ2v) is 7.15. The summed E-state index contributed by atoms with van der Waals surface area (Å²) in [5.74, 6) is 0.284. The zero-order valence-electron chi connectivity index (χ0n) is 16.9. The third-order valence-electron chi connectivity index (χ3n) is 4.82. The van der Waals surface area contributed by atoms with E-state index in [4.69, 9.17) is 20.0 Å². The van der Waals surface area contributed by atoms with Crippen LogP contribution in [0, 0.1) is 0 Å². The van der Waals surface area contributed by atoms with Crippen molar-refractivity contribution in [2.75, 3.05) is 18.5 Å². The lowest BCUT2D eigenvalue weighted by atomic mass is 10.1. The Morgan fingerprint density at radius 3 is 2.67 bits per heavy atom. The van der Waals surface area contributed by atoms with Crippen molar-refractivity contribution in [3.8, 4) is 16.9 Å². The quantitative estimate of drug-likeness (QED) is 0.417. The molecule has 0 aliphatic carbocycles. The second-order valence-electron chi connectivity index (χ2n) is 7.15. The number of benzene rings is 2. The predicted octanol–water partition coefficient (Wildman–Crippen LogP) is 4.00. The van der Waals surface area contributed by atoms with Gasteiger partial charge in [0.1, 0.15) is 11.8 Å². The van der Waals surface area contributed by atoms with E-state index in [0.717, 1.165) is 42.6 Å². The number of ether oxygens (including phenoxy) is 1. The average molecular weight is 408 g/mol. The van der Waals surface area contributed by atoms with Crippen LogP contribution in [0.15, 0.2) is 71.5 Å². The molecule has 4 N–H and O–H groups in total. The minimum atomic E-state index is -0.964. The van der Waals surface area contributed by atoms with Gasteiger partial charge in [-0.1, -0.05) is 30.3 Å². The summed E-state index contributed by atoms with van der Waals surface area (Å²) < 4.78 is 11.2. The first-order valence-corrected chi connectivity index (χ1v) is 10.2. The van der Waals surface area contributed by atoms with Gasteiger partial charge >= 0.3 is 0 Å². The van der Waals surface area contributed by atoms with E-state index in [1.165, 1.54) is 5.56 Å². The molecule has 0 spiro atoms. The van der Waals surface area contributed by atoms with Gasteiger partial charge in [-0.2, -0.15) is 0 Å². The van der Waals surface area contributed by atoms with Crippen LogP contribution >= 0.6 is 0 Å². The van der Waals surface area contributed by atoms with Gasteiger partial charge in [-0.05, 0) is 55.5 Å². The topological polar surface area (TPSA) is 97.7 Å². The Bertz CT molecular complexity index is 910. The number of hydrogen-bond donors (Lipinski definition) is 3. The van der Waals surface area contributed by atoms with E-state index in [1.807, 2.05) is 24.3 Å². The molecule has 0 fully saturated rings. The first-order valence-electron chi connectivity index (χ1n) is 10.2. The van der Waals surface area contributed by atoms with Gasteiger partial charge in [0.05, 0.1) is 25.7 Å². The molecule has 0 saturated heterocycles. The third-order valence-corrected chi connectivity index (χ3v) is 4.82. The Hall–Kier alpha value is -3.09. The van der Waals surface area contributed by atoms with Gasteiger partial charge in [0, 0.05) is 16.8 Å². The van der Waals surface area contributed by atoms with E-state index >= 15 is 0 Å². The highest BCUT2D eigenvalue weighted by atomic mass is 16.5. The molecule has 1 amide bonds. The monoisotopic (exact) mass is 408 g/mol. The molecule has 6 nitrogen and oxygen atoms in total. The van der Waals surface area contributed by atoms with Crippen LogP contribution in [0.5, 0.6) is 5.75 Å². The van der Waals surface area contributed by atoms with Gasteiger partial charge in [0.2, 0.25) is 5.91 Å². The van der Waals surface area contributed by atoms with Crippen LogP contribution in [-0.2, 0) is 11.2 Å². The molecular formula is C24H28N2O4. The number of hydrogen-bond acceptors (Lipinski definition) is 5. The number of aliphatic hydroxyl groups excluding tert-OH is 1. The molecular weight excluding hydrogens is 380 g/mol. The highest BCUT2D eigenvalue weighted by molar-refractivity contribution is 5.95. The van der Waals surface area contributed by atoms with Gasteiger partial charge in [-0.25, -0.2) is 0 Å². The Kier molecular flexibility index (Phi) is 8.06. The summed E-state index contributed by atoms with van der Waals surface area (Å²) in [6, 6.07) is 16.8. The van der Waals surface area contributed by atoms with Crippen molar-refractivity contribution in [3.63, 3.8) is 0 Å². The molecule has 158 valence electrons. The van der Waals surface area contributed by atoms with Gasteiger partial charge in [-0.15, -0.1) is 0 Å². The van der Waals surface area contributed by atoms with Crippen molar-refractivity contribution in [1.82, 2.24) is 0 Å². The van der Waals surface area contributed by atoms with Crippen LogP contribution in [0.3, 0.4) is 0 Å². The number of unbranched alkanes of at least 4 members (excludes halogenated alkanes) is 2. The summed E-state index contributed by atoms with van der Waals surface area (Å²) in [4.78, 5) is 12.0. The molecule has 0 saturated carbocycles. The van der Waals surface area contributed by atoms with Crippen LogP contribution in [0.4, 0.5) is 5.69 Å². The molecule has 2 aromatic carbocycles. The molecule has 3 rings (SSSR count). The molecule has 1 heterocycles. The normalized spacial score (nSPS) is 11.8. The number of carbonyl (C=O) groups is 1. The second kappa shape index (κ2) is 11.2. The number of anilines is 1. The largest absolute Gasteiger partial charge is 0.493 e. The number of nitrogens with one attached hydrogen (secondary N) is 1. The molecule has 1 aromatic heterocycles. The molecule has 3 aromatic rings. The number of furan rings is 1. The van der Waals surface area contributed by atoms with Crippen molar-refractivity contribution in [2.45, 2.75) is 31.7 Å². The fourth-order valence-electron chi connectivity index (χ4n) is 3.13. The number of amides is 1. The first-order chi connectivity index (χ1) is 14.7. The Labute approximate surface area is 176 Å². The molecule has 6 heteroatoms. The highest BCUT2D eigenvalue weighted by Gasteiger charge is 2.14. The van der Waals surface area contributed by atoms with E-state index in [2.05, 4.69) is 29.6 Å². The van der Waals surface area contributed by atoms with Gasteiger partial charge in [-0.3, -0.25) is 4.79 Å². The van der Waals surface area contributed by atoms with Crippen molar-refractivity contribution in [3.05, 3.63) is 72.7 Å². The van der Waals surface area contributed by atoms with E-state index in [9.17, 15) is 4.79 Å². The van der Waals surface area contributed by atoms with E-state index in [-0.39, 0.29) is 0 Å². The van der Waals surface area contributed by atoms with Crippen LogP contribution in [-0.4, -0.2) is 30.3 Å². The standard InChI is InChI=1S/C24H28N2O4/c25-22(16-27)24(28)26-20-10-11-23(21(15-20)19-12-14-29-17-19)30-13-6-2-5-9-18-7-3-1-4-8-18/h1,3-4,7-8,10-12,14-15,17,22,27H,2,5-6,9,13,16,25H2,(H,26,28). The average Bonchev–Trinajstić information content (AvgIpc) is 3.31. The maximum absolute atomic E-state index is 12.0. The van der Waals surface area contributed by atoms with Gasteiger partial charge in [0.25, 0.3) is 0 Å². The number of rotatable bonds is 11. The predicted molar refractivity (Wildman–Crippen MR) is 117 cm³/mol. The van der Waals surface area contributed by atoms with Crippen molar-refractivity contribution in [1.29, 1.82) is 0 Å². The lowest BCUT2D eigenvalue weighted by Crippen LogP contribution is -2.38.